The fourth-order valence-electron chi connectivity index (χ4n) is 3.38. The van der Waals surface area contributed by atoms with Crippen LogP contribution in [-0.2, 0) is 22.7 Å². The molecule has 1 N–H and O–H groups in total. The zero-order valence-corrected chi connectivity index (χ0v) is 13.7. The van der Waals surface area contributed by atoms with Gasteiger partial charge in [-0.15, -0.1) is 0 Å². The van der Waals surface area contributed by atoms with Crippen molar-refractivity contribution in [1.29, 1.82) is 0 Å². The molecule has 0 aromatic heterocycles. The average Bonchev–Trinajstić information content (AvgIpc) is 2.82. The average molecular weight is 304 g/mol. The Labute approximate surface area is 131 Å². The Balaban J connectivity index is 1.71. The van der Waals surface area contributed by atoms with Gasteiger partial charge in [-0.25, -0.2) is 4.79 Å². The van der Waals surface area contributed by atoms with E-state index in [0.29, 0.717) is 26.3 Å². The van der Waals surface area contributed by atoms with E-state index in [0.717, 1.165) is 11.3 Å². The highest BCUT2D eigenvalue weighted by Gasteiger charge is 2.40. The third-order valence-electron chi connectivity index (χ3n) is 3.96. The van der Waals surface area contributed by atoms with Gasteiger partial charge in [0.05, 0.1) is 37.5 Å². The first-order valence-electron chi connectivity index (χ1n) is 7.70. The van der Waals surface area contributed by atoms with E-state index >= 15 is 0 Å². The minimum absolute atomic E-state index is 0.0803. The molecule has 2 aliphatic heterocycles. The number of hydrogen-bond donors (Lipinski definition) is 1. The van der Waals surface area contributed by atoms with Gasteiger partial charge in [-0.05, 0) is 51.0 Å². The number of amides is 2. The van der Waals surface area contributed by atoms with E-state index in [2.05, 4.69) is 5.32 Å². The molecule has 1 aromatic rings. The van der Waals surface area contributed by atoms with E-state index in [1.807, 2.05) is 50.8 Å². The SMILES string of the molecule is CC1(C)CN(C(=O)Nc2ccc3c(c2)COC3)CC(C)(C)O1. The molecule has 1 fully saturated rings. The Hall–Kier alpha value is -1.59. The Morgan fingerprint density at radius 2 is 1.73 bits per heavy atom. The number of nitrogens with one attached hydrogen (secondary N) is 1. The summed E-state index contributed by atoms with van der Waals surface area (Å²) in [6.45, 7) is 10.5. The molecule has 3 rings (SSSR count). The molecule has 0 unspecified atom stereocenters. The lowest BCUT2D eigenvalue weighted by Gasteiger charge is -2.46. The lowest BCUT2D eigenvalue weighted by Crippen LogP contribution is -2.59. The highest BCUT2D eigenvalue weighted by molar-refractivity contribution is 5.89. The number of hydrogen-bond acceptors (Lipinski definition) is 3. The van der Waals surface area contributed by atoms with Gasteiger partial charge in [-0.3, -0.25) is 0 Å². The summed E-state index contributed by atoms with van der Waals surface area (Å²) in [6.07, 6.45) is 0. The quantitative estimate of drug-likeness (QED) is 0.867. The monoisotopic (exact) mass is 304 g/mol. The van der Waals surface area contributed by atoms with E-state index in [1.54, 1.807) is 0 Å². The van der Waals surface area contributed by atoms with E-state index in [-0.39, 0.29) is 17.2 Å². The predicted molar refractivity (Wildman–Crippen MR) is 84.8 cm³/mol. The van der Waals surface area contributed by atoms with Gasteiger partial charge in [0, 0.05) is 5.69 Å². The fraction of sp³-hybridized carbons (Fsp3) is 0.588. The molecule has 2 aliphatic rings. The van der Waals surface area contributed by atoms with Gasteiger partial charge < -0.3 is 19.7 Å². The number of rotatable bonds is 1. The van der Waals surface area contributed by atoms with Crippen molar-refractivity contribution >= 4 is 11.7 Å². The number of benzene rings is 1. The molecule has 1 aromatic carbocycles. The van der Waals surface area contributed by atoms with Crippen LogP contribution in [0, 0.1) is 0 Å². The number of carbonyl (C=O) groups excluding carboxylic acids is 1. The van der Waals surface area contributed by atoms with Gasteiger partial charge in [0.2, 0.25) is 0 Å². The molecule has 5 nitrogen and oxygen atoms in total. The molecule has 120 valence electrons. The van der Waals surface area contributed by atoms with Crippen molar-refractivity contribution in [2.75, 3.05) is 18.4 Å². The van der Waals surface area contributed by atoms with Gasteiger partial charge in [0.15, 0.2) is 0 Å². The number of anilines is 1. The molecule has 0 bridgehead atoms. The third-order valence-corrected chi connectivity index (χ3v) is 3.96. The van der Waals surface area contributed by atoms with Gasteiger partial charge in [0.25, 0.3) is 0 Å². The standard InChI is InChI=1S/C17H24N2O3/c1-16(2)10-19(11-17(3,4)22-16)15(20)18-14-6-5-12-8-21-9-13(12)7-14/h5-7H,8-11H2,1-4H3,(H,18,20). The van der Waals surface area contributed by atoms with Crippen molar-refractivity contribution in [1.82, 2.24) is 4.90 Å². The number of morpholine rings is 1. The summed E-state index contributed by atoms with van der Waals surface area (Å²) >= 11 is 0. The summed E-state index contributed by atoms with van der Waals surface area (Å²) in [6, 6.07) is 5.87. The minimum Gasteiger partial charge on any atom is -0.372 e. The van der Waals surface area contributed by atoms with Crippen molar-refractivity contribution in [3.63, 3.8) is 0 Å². The first kappa shape index (κ1) is 15.3. The second-order valence-corrected chi connectivity index (χ2v) is 7.38. The maximum atomic E-state index is 12.6. The van der Waals surface area contributed by atoms with E-state index < -0.39 is 0 Å². The second-order valence-electron chi connectivity index (χ2n) is 7.38. The van der Waals surface area contributed by atoms with Gasteiger partial charge >= 0.3 is 6.03 Å². The molecule has 5 heteroatoms. The molecule has 2 heterocycles. The Kier molecular flexibility index (Phi) is 3.65. The highest BCUT2D eigenvalue weighted by Crippen LogP contribution is 2.29. The summed E-state index contributed by atoms with van der Waals surface area (Å²) in [5.74, 6) is 0. The van der Waals surface area contributed by atoms with Crippen LogP contribution in [0.25, 0.3) is 0 Å². The molecule has 2 amide bonds. The second kappa shape index (κ2) is 5.25. The molecule has 0 atom stereocenters. The summed E-state index contributed by atoms with van der Waals surface area (Å²) < 4.78 is 11.4. The van der Waals surface area contributed by atoms with E-state index in [4.69, 9.17) is 9.47 Å². The normalized spacial score (nSPS) is 22.3. The molecular formula is C17H24N2O3. The molecule has 0 saturated carbocycles. The summed E-state index contributed by atoms with van der Waals surface area (Å²) in [5, 5.41) is 2.99. The Morgan fingerprint density at radius 1 is 1.09 bits per heavy atom. The molecule has 0 spiro atoms. The largest absolute Gasteiger partial charge is 0.372 e. The van der Waals surface area contributed by atoms with Crippen molar-refractivity contribution in [2.45, 2.75) is 52.1 Å². The molecule has 1 saturated heterocycles. The van der Waals surface area contributed by atoms with Crippen LogP contribution in [0.5, 0.6) is 0 Å². The Morgan fingerprint density at radius 3 is 2.41 bits per heavy atom. The summed E-state index contributed by atoms with van der Waals surface area (Å²) in [7, 11) is 0. The van der Waals surface area contributed by atoms with Crippen molar-refractivity contribution in [3.8, 4) is 0 Å². The van der Waals surface area contributed by atoms with Crippen LogP contribution >= 0.6 is 0 Å². The van der Waals surface area contributed by atoms with Crippen LogP contribution in [0.2, 0.25) is 0 Å². The van der Waals surface area contributed by atoms with Crippen LogP contribution in [0.15, 0.2) is 18.2 Å². The maximum absolute atomic E-state index is 12.6. The lowest BCUT2D eigenvalue weighted by atomic mass is 9.99. The molecular weight excluding hydrogens is 280 g/mol. The van der Waals surface area contributed by atoms with Crippen LogP contribution in [0.3, 0.4) is 0 Å². The summed E-state index contributed by atoms with van der Waals surface area (Å²) in [4.78, 5) is 14.4. The minimum atomic E-state index is -0.342. The van der Waals surface area contributed by atoms with Crippen molar-refractivity contribution in [3.05, 3.63) is 29.3 Å². The van der Waals surface area contributed by atoms with Crippen LogP contribution in [0.4, 0.5) is 10.5 Å². The van der Waals surface area contributed by atoms with Crippen LogP contribution in [-0.4, -0.2) is 35.2 Å². The number of urea groups is 1. The van der Waals surface area contributed by atoms with Crippen LogP contribution in [0.1, 0.15) is 38.8 Å². The lowest BCUT2D eigenvalue weighted by molar-refractivity contribution is -0.169. The zero-order chi connectivity index (χ0) is 16.0. The smallest absolute Gasteiger partial charge is 0.322 e. The number of ether oxygens (including phenoxy) is 2. The zero-order valence-electron chi connectivity index (χ0n) is 13.7. The highest BCUT2D eigenvalue weighted by atomic mass is 16.5. The molecule has 0 radical (unpaired) electrons. The van der Waals surface area contributed by atoms with E-state index in [1.165, 1.54) is 5.56 Å². The van der Waals surface area contributed by atoms with Gasteiger partial charge in [-0.2, -0.15) is 0 Å². The number of nitrogens with zero attached hydrogens (tertiary/aromatic N) is 1. The van der Waals surface area contributed by atoms with Crippen LogP contribution < -0.4 is 5.32 Å². The third kappa shape index (κ3) is 3.25. The number of carbonyl (C=O) groups is 1. The maximum Gasteiger partial charge on any atom is 0.322 e. The first-order valence-corrected chi connectivity index (χ1v) is 7.70. The first-order chi connectivity index (χ1) is 10.2. The van der Waals surface area contributed by atoms with Crippen molar-refractivity contribution in [2.24, 2.45) is 0 Å². The molecule has 22 heavy (non-hydrogen) atoms. The number of fused-ring (bicyclic) bond motifs is 1. The fourth-order valence-corrected chi connectivity index (χ4v) is 3.38. The Bertz CT molecular complexity index is 580. The summed E-state index contributed by atoms with van der Waals surface area (Å²) in [5.41, 5.74) is 2.49. The topological polar surface area (TPSA) is 50.8 Å². The molecule has 0 aliphatic carbocycles. The van der Waals surface area contributed by atoms with E-state index in [9.17, 15) is 4.79 Å². The van der Waals surface area contributed by atoms with Gasteiger partial charge in [0.1, 0.15) is 0 Å². The van der Waals surface area contributed by atoms with Crippen molar-refractivity contribution < 1.29 is 14.3 Å². The van der Waals surface area contributed by atoms with Gasteiger partial charge in [-0.1, -0.05) is 6.07 Å². The predicted octanol–water partition coefficient (Wildman–Crippen LogP) is 3.14.